The third-order valence-electron chi connectivity index (χ3n) is 3.74. The van der Waals surface area contributed by atoms with Gasteiger partial charge in [-0.15, -0.1) is 11.3 Å². The van der Waals surface area contributed by atoms with Crippen molar-refractivity contribution in [2.24, 2.45) is 0 Å². The normalized spacial score (nSPS) is 24.6. The summed E-state index contributed by atoms with van der Waals surface area (Å²) in [4.78, 5) is 3.77. The van der Waals surface area contributed by atoms with Crippen molar-refractivity contribution in [3.63, 3.8) is 0 Å². The van der Waals surface area contributed by atoms with Crippen molar-refractivity contribution < 1.29 is 4.74 Å². The average Bonchev–Trinajstić information content (AvgIpc) is 2.65. The van der Waals surface area contributed by atoms with Crippen LogP contribution in [0.4, 0.5) is 0 Å². The van der Waals surface area contributed by atoms with Gasteiger partial charge in [-0.1, -0.05) is 11.6 Å². The number of ether oxygens (including phenoxy) is 1. The predicted molar refractivity (Wildman–Crippen MR) is 67.4 cm³/mol. The van der Waals surface area contributed by atoms with Gasteiger partial charge in [0.1, 0.15) is 5.60 Å². The molecule has 1 fully saturated rings. The molecule has 0 aliphatic carbocycles. The predicted octanol–water partition coefficient (Wildman–Crippen LogP) is 2.90. The molecular formula is C12H16ClNOS. The van der Waals surface area contributed by atoms with Gasteiger partial charge in [0.05, 0.1) is 10.9 Å². The van der Waals surface area contributed by atoms with Crippen molar-refractivity contribution in [1.82, 2.24) is 4.90 Å². The zero-order valence-corrected chi connectivity index (χ0v) is 11.0. The summed E-state index contributed by atoms with van der Waals surface area (Å²) in [5.41, 5.74) is 1.41. The topological polar surface area (TPSA) is 12.5 Å². The van der Waals surface area contributed by atoms with Gasteiger partial charge >= 0.3 is 0 Å². The van der Waals surface area contributed by atoms with Crippen LogP contribution in [-0.2, 0) is 16.8 Å². The average molecular weight is 258 g/mol. The molecule has 4 heteroatoms. The second-order valence-corrected chi connectivity index (χ2v) is 6.48. The maximum atomic E-state index is 6.13. The van der Waals surface area contributed by atoms with Crippen molar-refractivity contribution in [2.45, 2.75) is 24.9 Å². The summed E-state index contributed by atoms with van der Waals surface area (Å²) in [5, 5.41) is 0. The number of fused-ring (bicyclic) bond motifs is 2. The van der Waals surface area contributed by atoms with Gasteiger partial charge in [-0.05, 0) is 37.9 Å². The van der Waals surface area contributed by atoms with Gasteiger partial charge in [-0.2, -0.15) is 0 Å². The van der Waals surface area contributed by atoms with Gasteiger partial charge in [-0.25, -0.2) is 0 Å². The van der Waals surface area contributed by atoms with E-state index in [4.69, 9.17) is 16.3 Å². The van der Waals surface area contributed by atoms with Crippen molar-refractivity contribution >= 4 is 22.9 Å². The molecule has 1 spiro atoms. The largest absolute Gasteiger partial charge is 0.369 e. The molecule has 2 nitrogen and oxygen atoms in total. The second kappa shape index (κ2) is 3.98. The molecule has 0 aromatic carbocycles. The van der Waals surface area contributed by atoms with E-state index in [0.29, 0.717) is 0 Å². The summed E-state index contributed by atoms with van der Waals surface area (Å²) in [6.45, 7) is 3.09. The number of nitrogens with zero attached hydrogens (tertiary/aromatic N) is 1. The molecule has 1 aromatic rings. The Kier molecular flexibility index (Phi) is 2.75. The SMILES string of the molecule is CN1CCC2(CC1)OCCc1cc(Cl)sc12. The first-order valence-electron chi connectivity index (χ1n) is 5.81. The molecule has 2 aliphatic rings. The molecule has 0 atom stereocenters. The number of piperidine rings is 1. The van der Waals surface area contributed by atoms with Crippen molar-refractivity contribution in [2.75, 3.05) is 26.7 Å². The lowest BCUT2D eigenvalue weighted by Gasteiger charge is -2.42. The highest BCUT2D eigenvalue weighted by atomic mass is 35.5. The lowest BCUT2D eigenvalue weighted by molar-refractivity contribution is -0.0921. The van der Waals surface area contributed by atoms with Crippen LogP contribution >= 0.6 is 22.9 Å². The molecular weight excluding hydrogens is 242 g/mol. The van der Waals surface area contributed by atoms with E-state index >= 15 is 0 Å². The Labute approximate surface area is 105 Å². The second-order valence-electron chi connectivity index (χ2n) is 4.80. The summed E-state index contributed by atoms with van der Waals surface area (Å²) in [6, 6.07) is 2.13. The van der Waals surface area contributed by atoms with Crippen molar-refractivity contribution in [3.8, 4) is 0 Å². The van der Waals surface area contributed by atoms with Crippen LogP contribution in [0.15, 0.2) is 6.07 Å². The van der Waals surface area contributed by atoms with Crippen LogP contribution in [0.25, 0.3) is 0 Å². The lowest BCUT2D eigenvalue weighted by Crippen LogP contribution is -2.44. The minimum absolute atomic E-state index is 0.0160. The fourth-order valence-corrected chi connectivity index (χ4v) is 4.24. The highest BCUT2D eigenvalue weighted by molar-refractivity contribution is 7.16. The Hall–Kier alpha value is -0.0900. The Balaban J connectivity index is 1.97. The molecule has 0 radical (unpaired) electrons. The Morgan fingerprint density at radius 1 is 1.44 bits per heavy atom. The third-order valence-corrected chi connectivity index (χ3v) is 5.23. The molecule has 0 saturated carbocycles. The Morgan fingerprint density at radius 3 is 2.94 bits per heavy atom. The summed E-state index contributed by atoms with van der Waals surface area (Å²) >= 11 is 7.85. The zero-order valence-electron chi connectivity index (χ0n) is 9.46. The molecule has 3 rings (SSSR count). The Morgan fingerprint density at radius 2 is 2.19 bits per heavy atom. The molecule has 0 unspecified atom stereocenters. The highest BCUT2D eigenvalue weighted by Crippen LogP contribution is 2.46. The molecule has 0 N–H and O–H groups in total. The van der Waals surface area contributed by atoms with E-state index in [1.165, 1.54) is 10.4 Å². The summed E-state index contributed by atoms with van der Waals surface area (Å²) < 4.78 is 7.03. The van der Waals surface area contributed by atoms with Gasteiger partial charge in [0.25, 0.3) is 0 Å². The van der Waals surface area contributed by atoms with Crippen LogP contribution in [0.3, 0.4) is 0 Å². The summed E-state index contributed by atoms with van der Waals surface area (Å²) in [5.74, 6) is 0. The molecule has 3 heterocycles. The van der Waals surface area contributed by atoms with Gasteiger partial charge < -0.3 is 9.64 Å². The quantitative estimate of drug-likeness (QED) is 0.709. The molecule has 1 saturated heterocycles. The van der Waals surface area contributed by atoms with Crippen LogP contribution in [0, 0.1) is 0 Å². The fourth-order valence-electron chi connectivity index (χ4n) is 2.74. The van der Waals surface area contributed by atoms with E-state index in [9.17, 15) is 0 Å². The first kappa shape index (κ1) is 11.0. The number of rotatable bonds is 0. The third kappa shape index (κ3) is 1.70. The van der Waals surface area contributed by atoms with E-state index in [1.54, 1.807) is 11.3 Å². The Bertz CT molecular complexity index is 396. The highest BCUT2D eigenvalue weighted by Gasteiger charge is 2.41. The molecule has 88 valence electrons. The van der Waals surface area contributed by atoms with Crippen LogP contribution < -0.4 is 0 Å². The van der Waals surface area contributed by atoms with E-state index in [0.717, 1.165) is 43.3 Å². The van der Waals surface area contributed by atoms with Gasteiger partial charge in [-0.3, -0.25) is 0 Å². The summed E-state index contributed by atoms with van der Waals surface area (Å²) in [7, 11) is 2.18. The van der Waals surface area contributed by atoms with Crippen LogP contribution in [0.5, 0.6) is 0 Å². The van der Waals surface area contributed by atoms with E-state index in [2.05, 4.69) is 18.0 Å². The van der Waals surface area contributed by atoms with Crippen molar-refractivity contribution in [1.29, 1.82) is 0 Å². The van der Waals surface area contributed by atoms with Crippen LogP contribution in [0.1, 0.15) is 23.3 Å². The van der Waals surface area contributed by atoms with Crippen LogP contribution in [0.2, 0.25) is 4.34 Å². The van der Waals surface area contributed by atoms with Gasteiger partial charge in [0.2, 0.25) is 0 Å². The zero-order chi connectivity index (χ0) is 11.2. The first-order chi connectivity index (χ1) is 7.70. The molecule has 1 aromatic heterocycles. The van der Waals surface area contributed by atoms with Crippen molar-refractivity contribution in [3.05, 3.63) is 20.8 Å². The lowest BCUT2D eigenvalue weighted by atomic mass is 9.85. The number of thiophene rings is 1. The van der Waals surface area contributed by atoms with Gasteiger partial charge in [0.15, 0.2) is 0 Å². The standard InChI is InChI=1S/C12H16ClNOS/c1-14-5-3-12(4-6-14)11-9(2-7-15-12)8-10(13)16-11/h8H,2-7H2,1H3. The van der Waals surface area contributed by atoms with Gasteiger partial charge in [0, 0.05) is 18.0 Å². The number of halogens is 1. The molecule has 0 amide bonds. The smallest absolute Gasteiger partial charge is 0.105 e. The minimum atomic E-state index is -0.0160. The number of hydrogen-bond donors (Lipinski definition) is 0. The number of hydrogen-bond acceptors (Lipinski definition) is 3. The first-order valence-corrected chi connectivity index (χ1v) is 7.00. The van der Waals surface area contributed by atoms with E-state index in [1.807, 2.05) is 0 Å². The maximum absolute atomic E-state index is 6.13. The minimum Gasteiger partial charge on any atom is -0.369 e. The van der Waals surface area contributed by atoms with Crippen LogP contribution in [-0.4, -0.2) is 31.6 Å². The number of likely N-dealkylation sites (tertiary alicyclic amines) is 1. The maximum Gasteiger partial charge on any atom is 0.105 e. The molecule has 2 aliphatic heterocycles. The summed E-state index contributed by atoms with van der Waals surface area (Å²) in [6.07, 6.45) is 3.23. The van der Waals surface area contributed by atoms with E-state index < -0.39 is 0 Å². The molecule has 16 heavy (non-hydrogen) atoms. The van der Waals surface area contributed by atoms with E-state index in [-0.39, 0.29) is 5.60 Å². The molecule has 0 bridgehead atoms. The fraction of sp³-hybridized carbons (Fsp3) is 0.667. The monoisotopic (exact) mass is 257 g/mol.